The van der Waals surface area contributed by atoms with Gasteiger partial charge in [-0.3, -0.25) is 9.78 Å². The highest BCUT2D eigenvalue weighted by molar-refractivity contribution is 5.96. The number of carbonyl (C=O) groups excluding carboxylic acids is 1. The Labute approximate surface area is 197 Å². The first kappa shape index (κ1) is 21.9. The molecule has 1 aliphatic carbocycles. The van der Waals surface area contributed by atoms with Crippen LogP contribution in [0.3, 0.4) is 0 Å². The average Bonchev–Trinajstić information content (AvgIpc) is 3.53. The predicted octanol–water partition coefficient (Wildman–Crippen LogP) is 5.03. The van der Waals surface area contributed by atoms with Gasteiger partial charge in [-0.15, -0.1) is 0 Å². The van der Waals surface area contributed by atoms with Crippen molar-refractivity contribution in [2.24, 2.45) is 5.92 Å². The number of hydrogen-bond acceptors (Lipinski definition) is 4. The first-order chi connectivity index (χ1) is 16.5. The standard InChI is InChI=1S/C27H26FN5O/c1-17-7-8-30-24(11-17)26(20-3-4-20)32-27(34)22-13-19(15-33-10-9-29-16-33)12-21(14-22)23-5-6-25(28)31-18(23)2/h5-14,16,20,26H,3-4,15H2,1-2H3,(H,32,34). The summed E-state index contributed by atoms with van der Waals surface area (Å²) in [6.07, 6.45) is 9.29. The Morgan fingerprint density at radius 1 is 1.15 bits per heavy atom. The summed E-state index contributed by atoms with van der Waals surface area (Å²) in [5.41, 5.74) is 5.70. The average molecular weight is 456 g/mol. The summed E-state index contributed by atoms with van der Waals surface area (Å²) >= 11 is 0. The molecule has 1 atom stereocenters. The first-order valence-corrected chi connectivity index (χ1v) is 11.4. The molecule has 34 heavy (non-hydrogen) atoms. The molecule has 1 N–H and O–H groups in total. The van der Waals surface area contributed by atoms with E-state index in [0.29, 0.717) is 23.7 Å². The van der Waals surface area contributed by atoms with Crippen molar-refractivity contribution in [1.29, 1.82) is 0 Å². The molecule has 5 rings (SSSR count). The first-order valence-electron chi connectivity index (χ1n) is 11.4. The molecule has 0 saturated heterocycles. The lowest BCUT2D eigenvalue weighted by atomic mass is 9.97. The van der Waals surface area contributed by atoms with Crippen LogP contribution in [-0.4, -0.2) is 25.4 Å². The summed E-state index contributed by atoms with van der Waals surface area (Å²) in [5, 5.41) is 3.23. The van der Waals surface area contributed by atoms with E-state index in [1.54, 1.807) is 31.7 Å². The van der Waals surface area contributed by atoms with E-state index in [1.807, 2.05) is 48.0 Å². The predicted molar refractivity (Wildman–Crippen MR) is 128 cm³/mol. The van der Waals surface area contributed by atoms with Gasteiger partial charge in [0.25, 0.3) is 5.91 Å². The van der Waals surface area contributed by atoms with E-state index in [4.69, 9.17) is 0 Å². The molecular weight excluding hydrogens is 429 g/mol. The van der Waals surface area contributed by atoms with E-state index in [-0.39, 0.29) is 11.9 Å². The zero-order valence-corrected chi connectivity index (χ0v) is 19.2. The molecule has 1 fully saturated rings. The summed E-state index contributed by atoms with van der Waals surface area (Å²) in [6.45, 7) is 4.36. The number of nitrogens with one attached hydrogen (secondary N) is 1. The van der Waals surface area contributed by atoms with E-state index in [2.05, 4.69) is 20.3 Å². The van der Waals surface area contributed by atoms with Crippen molar-refractivity contribution in [1.82, 2.24) is 24.8 Å². The Morgan fingerprint density at radius 2 is 2.00 bits per heavy atom. The van der Waals surface area contributed by atoms with Crippen LogP contribution in [-0.2, 0) is 6.54 Å². The number of rotatable bonds is 7. The molecule has 7 heteroatoms. The molecule has 0 aliphatic heterocycles. The Hall–Kier alpha value is -3.87. The molecule has 1 unspecified atom stereocenters. The summed E-state index contributed by atoms with van der Waals surface area (Å²) in [7, 11) is 0. The van der Waals surface area contributed by atoms with Crippen LogP contribution in [0.5, 0.6) is 0 Å². The molecule has 1 saturated carbocycles. The van der Waals surface area contributed by atoms with Gasteiger partial charge in [0.1, 0.15) is 0 Å². The van der Waals surface area contributed by atoms with Gasteiger partial charge in [0.2, 0.25) is 5.95 Å². The summed E-state index contributed by atoms with van der Waals surface area (Å²) in [5.74, 6) is -0.274. The minimum Gasteiger partial charge on any atom is -0.343 e. The van der Waals surface area contributed by atoms with E-state index < -0.39 is 5.95 Å². The normalized spacial score (nSPS) is 14.1. The maximum atomic E-state index is 13.6. The number of aryl methyl sites for hydroxylation is 2. The molecule has 3 heterocycles. The number of halogens is 1. The van der Waals surface area contributed by atoms with Gasteiger partial charge < -0.3 is 9.88 Å². The van der Waals surface area contributed by atoms with Crippen molar-refractivity contribution in [3.8, 4) is 11.1 Å². The van der Waals surface area contributed by atoms with Crippen molar-refractivity contribution in [3.05, 3.63) is 101 Å². The highest BCUT2D eigenvalue weighted by Crippen LogP contribution is 2.40. The van der Waals surface area contributed by atoms with Crippen molar-refractivity contribution >= 4 is 5.91 Å². The van der Waals surface area contributed by atoms with Gasteiger partial charge in [0, 0.05) is 42.0 Å². The van der Waals surface area contributed by atoms with Crippen molar-refractivity contribution in [3.63, 3.8) is 0 Å². The number of pyridine rings is 2. The molecule has 1 aliphatic rings. The van der Waals surface area contributed by atoms with Crippen LogP contribution in [0.1, 0.15) is 51.8 Å². The van der Waals surface area contributed by atoms with Crippen LogP contribution >= 0.6 is 0 Å². The van der Waals surface area contributed by atoms with Crippen LogP contribution in [0.25, 0.3) is 11.1 Å². The number of amides is 1. The molecule has 3 aromatic heterocycles. The zero-order valence-electron chi connectivity index (χ0n) is 19.2. The lowest BCUT2D eigenvalue weighted by Crippen LogP contribution is -2.30. The molecule has 1 aromatic carbocycles. The highest BCUT2D eigenvalue weighted by atomic mass is 19.1. The van der Waals surface area contributed by atoms with Gasteiger partial charge in [-0.2, -0.15) is 4.39 Å². The van der Waals surface area contributed by atoms with E-state index in [9.17, 15) is 9.18 Å². The Balaban J connectivity index is 1.50. The Bertz CT molecular complexity index is 1330. The van der Waals surface area contributed by atoms with Crippen molar-refractivity contribution in [2.75, 3.05) is 0 Å². The van der Waals surface area contributed by atoms with E-state index >= 15 is 0 Å². The van der Waals surface area contributed by atoms with Crippen LogP contribution < -0.4 is 5.32 Å². The number of imidazole rings is 1. The van der Waals surface area contributed by atoms with Gasteiger partial charge in [0.15, 0.2) is 0 Å². The second kappa shape index (κ2) is 9.17. The number of hydrogen-bond donors (Lipinski definition) is 1. The number of benzene rings is 1. The third kappa shape index (κ3) is 4.88. The third-order valence-electron chi connectivity index (χ3n) is 6.18. The minimum atomic E-state index is -0.522. The Morgan fingerprint density at radius 3 is 2.71 bits per heavy atom. The third-order valence-corrected chi connectivity index (χ3v) is 6.18. The van der Waals surface area contributed by atoms with Crippen LogP contribution in [0.15, 0.2) is 67.4 Å². The van der Waals surface area contributed by atoms with Gasteiger partial charge in [0.05, 0.1) is 18.1 Å². The zero-order chi connectivity index (χ0) is 23.7. The maximum absolute atomic E-state index is 13.6. The van der Waals surface area contributed by atoms with E-state index in [1.165, 1.54) is 6.07 Å². The van der Waals surface area contributed by atoms with Gasteiger partial charge >= 0.3 is 0 Å². The molecule has 6 nitrogen and oxygen atoms in total. The van der Waals surface area contributed by atoms with Crippen molar-refractivity contribution < 1.29 is 9.18 Å². The SMILES string of the molecule is Cc1ccnc(C(NC(=O)c2cc(Cn3ccnc3)cc(-c3ccc(F)nc3C)c2)C2CC2)c1. The summed E-state index contributed by atoms with van der Waals surface area (Å²) in [4.78, 5) is 26.1. The fourth-order valence-corrected chi connectivity index (χ4v) is 4.31. The maximum Gasteiger partial charge on any atom is 0.251 e. The number of aromatic nitrogens is 4. The molecule has 0 bridgehead atoms. The van der Waals surface area contributed by atoms with E-state index in [0.717, 1.165) is 40.8 Å². The lowest BCUT2D eigenvalue weighted by Gasteiger charge is -2.19. The lowest BCUT2D eigenvalue weighted by molar-refractivity contribution is 0.0930. The number of carbonyl (C=O) groups is 1. The molecule has 0 spiro atoms. The van der Waals surface area contributed by atoms with Crippen LogP contribution in [0.4, 0.5) is 4.39 Å². The quantitative estimate of drug-likeness (QED) is 0.397. The van der Waals surface area contributed by atoms with Gasteiger partial charge in [-0.05, 0) is 91.8 Å². The largest absolute Gasteiger partial charge is 0.343 e. The molecule has 172 valence electrons. The summed E-state index contributed by atoms with van der Waals surface area (Å²) < 4.78 is 15.6. The smallest absolute Gasteiger partial charge is 0.251 e. The molecule has 1 amide bonds. The molecule has 4 aromatic rings. The molecule has 0 radical (unpaired) electrons. The fourth-order valence-electron chi connectivity index (χ4n) is 4.31. The van der Waals surface area contributed by atoms with Crippen LogP contribution in [0, 0.1) is 25.7 Å². The van der Waals surface area contributed by atoms with Gasteiger partial charge in [-0.25, -0.2) is 9.97 Å². The minimum absolute atomic E-state index is 0.123. The highest BCUT2D eigenvalue weighted by Gasteiger charge is 2.34. The second-order valence-corrected chi connectivity index (χ2v) is 8.97. The Kier molecular flexibility index (Phi) is 5.92. The topological polar surface area (TPSA) is 72.7 Å². The molecular formula is C27H26FN5O. The number of nitrogens with zero attached hydrogens (tertiary/aromatic N) is 4. The van der Waals surface area contributed by atoms with Crippen molar-refractivity contribution in [2.45, 2.75) is 39.3 Å². The van der Waals surface area contributed by atoms with Gasteiger partial charge in [-0.1, -0.05) is 0 Å². The van der Waals surface area contributed by atoms with Crippen LogP contribution in [0.2, 0.25) is 0 Å². The fraction of sp³-hybridized carbons (Fsp3) is 0.259. The summed E-state index contributed by atoms with van der Waals surface area (Å²) in [6, 6.07) is 12.7. The monoisotopic (exact) mass is 455 g/mol. The second-order valence-electron chi connectivity index (χ2n) is 8.97.